The molecule has 0 aromatic heterocycles. The Balaban J connectivity index is 1.62. The number of hydrogen-bond donors (Lipinski definition) is 1. The van der Waals surface area contributed by atoms with Gasteiger partial charge in [0.25, 0.3) is 0 Å². The lowest BCUT2D eigenvalue weighted by atomic mass is 10.0. The molecule has 3 nitrogen and oxygen atoms in total. The lowest BCUT2D eigenvalue weighted by molar-refractivity contribution is 0.0998. The van der Waals surface area contributed by atoms with Crippen LogP contribution >= 0.6 is 0 Å². The SMILES string of the molecule is Cc1cc(C)cc(C(N)CN2CCN3CCCC3C2)c1. The molecule has 0 saturated carbocycles. The van der Waals surface area contributed by atoms with Crippen molar-refractivity contribution in [2.24, 2.45) is 5.73 Å². The molecular weight excluding hydrogens is 246 g/mol. The minimum absolute atomic E-state index is 0.140. The third-order valence-corrected chi connectivity index (χ3v) is 4.80. The highest BCUT2D eigenvalue weighted by molar-refractivity contribution is 5.30. The normalized spacial score (nSPS) is 25.6. The lowest BCUT2D eigenvalue weighted by Crippen LogP contribution is -2.51. The van der Waals surface area contributed by atoms with Crippen LogP contribution in [-0.4, -0.2) is 48.6 Å². The van der Waals surface area contributed by atoms with E-state index in [0.717, 1.165) is 12.6 Å². The van der Waals surface area contributed by atoms with Gasteiger partial charge in [-0.15, -0.1) is 0 Å². The second kappa shape index (κ2) is 5.84. The molecule has 0 spiro atoms. The molecule has 2 fully saturated rings. The van der Waals surface area contributed by atoms with Crippen molar-refractivity contribution in [1.29, 1.82) is 0 Å². The first kappa shape index (κ1) is 14.1. The van der Waals surface area contributed by atoms with Gasteiger partial charge < -0.3 is 5.73 Å². The fourth-order valence-corrected chi connectivity index (χ4v) is 3.83. The molecule has 3 heteroatoms. The topological polar surface area (TPSA) is 32.5 Å². The first-order valence-corrected chi connectivity index (χ1v) is 7.92. The summed E-state index contributed by atoms with van der Waals surface area (Å²) in [7, 11) is 0. The Bertz CT molecular complexity index is 451. The average molecular weight is 273 g/mol. The molecular formula is C17H27N3. The second-order valence-corrected chi connectivity index (χ2v) is 6.62. The van der Waals surface area contributed by atoms with Crippen molar-refractivity contribution in [3.8, 4) is 0 Å². The van der Waals surface area contributed by atoms with Gasteiger partial charge in [0, 0.05) is 38.3 Å². The van der Waals surface area contributed by atoms with Crippen LogP contribution in [-0.2, 0) is 0 Å². The van der Waals surface area contributed by atoms with E-state index >= 15 is 0 Å². The van der Waals surface area contributed by atoms with Gasteiger partial charge in [-0.3, -0.25) is 9.80 Å². The van der Waals surface area contributed by atoms with Crippen molar-refractivity contribution >= 4 is 0 Å². The minimum atomic E-state index is 0.140. The number of nitrogens with two attached hydrogens (primary N) is 1. The van der Waals surface area contributed by atoms with Gasteiger partial charge >= 0.3 is 0 Å². The number of rotatable bonds is 3. The summed E-state index contributed by atoms with van der Waals surface area (Å²) >= 11 is 0. The Labute approximate surface area is 122 Å². The van der Waals surface area contributed by atoms with Gasteiger partial charge in [0.05, 0.1) is 0 Å². The van der Waals surface area contributed by atoms with Crippen LogP contribution < -0.4 is 5.73 Å². The molecule has 2 aliphatic heterocycles. The molecule has 0 amide bonds. The van der Waals surface area contributed by atoms with Crippen LogP contribution in [0.4, 0.5) is 0 Å². The highest BCUT2D eigenvalue weighted by Gasteiger charge is 2.30. The number of aryl methyl sites for hydroxylation is 2. The van der Waals surface area contributed by atoms with Gasteiger partial charge in [-0.05, 0) is 38.8 Å². The standard InChI is InChI=1S/C17H27N3/c1-13-8-14(2)10-15(9-13)17(18)12-19-6-7-20-5-3-4-16(20)11-19/h8-10,16-17H,3-7,11-12,18H2,1-2H3. The number of hydrogen-bond acceptors (Lipinski definition) is 3. The van der Waals surface area contributed by atoms with E-state index in [2.05, 4.69) is 41.8 Å². The molecule has 1 aromatic carbocycles. The van der Waals surface area contributed by atoms with Gasteiger partial charge in [-0.2, -0.15) is 0 Å². The van der Waals surface area contributed by atoms with E-state index in [1.807, 2.05) is 0 Å². The average Bonchev–Trinajstić information content (AvgIpc) is 2.85. The molecule has 110 valence electrons. The van der Waals surface area contributed by atoms with Crippen molar-refractivity contribution in [1.82, 2.24) is 9.80 Å². The zero-order valence-corrected chi connectivity index (χ0v) is 12.8. The maximum atomic E-state index is 6.45. The Morgan fingerprint density at radius 3 is 2.65 bits per heavy atom. The van der Waals surface area contributed by atoms with Gasteiger partial charge in [0.2, 0.25) is 0 Å². The van der Waals surface area contributed by atoms with E-state index in [1.54, 1.807) is 0 Å². The van der Waals surface area contributed by atoms with Crippen LogP contribution in [0.15, 0.2) is 18.2 Å². The van der Waals surface area contributed by atoms with Crippen molar-refractivity contribution in [3.63, 3.8) is 0 Å². The molecule has 2 heterocycles. The summed E-state index contributed by atoms with van der Waals surface area (Å²) in [5.41, 5.74) is 10.4. The zero-order valence-electron chi connectivity index (χ0n) is 12.8. The van der Waals surface area contributed by atoms with E-state index in [1.165, 1.54) is 55.7 Å². The van der Waals surface area contributed by atoms with Crippen LogP contribution in [0.2, 0.25) is 0 Å². The molecule has 2 N–H and O–H groups in total. The molecule has 2 aliphatic rings. The van der Waals surface area contributed by atoms with E-state index in [9.17, 15) is 0 Å². The maximum absolute atomic E-state index is 6.45. The van der Waals surface area contributed by atoms with E-state index in [0.29, 0.717) is 0 Å². The zero-order chi connectivity index (χ0) is 14.1. The maximum Gasteiger partial charge on any atom is 0.0424 e. The number of piperazine rings is 1. The number of nitrogens with zero attached hydrogens (tertiary/aromatic N) is 2. The Hall–Kier alpha value is -0.900. The summed E-state index contributed by atoms with van der Waals surface area (Å²) in [4.78, 5) is 5.22. The highest BCUT2D eigenvalue weighted by Crippen LogP contribution is 2.23. The van der Waals surface area contributed by atoms with Gasteiger partial charge in [-0.1, -0.05) is 29.3 Å². The minimum Gasteiger partial charge on any atom is -0.323 e. The predicted molar refractivity (Wildman–Crippen MR) is 83.9 cm³/mol. The van der Waals surface area contributed by atoms with Crippen molar-refractivity contribution < 1.29 is 0 Å². The van der Waals surface area contributed by atoms with E-state index < -0.39 is 0 Å². The Kier molecular flexibility index (Phi) is 4.11. The molecule has 2 atom stereocenters. The van der Waals surface area contributed by atoms with Gasteiger partial charge in [0.15, 0.2) is 0 Å². The Morgan fingerprint density at radius 2 is 1.90 bits per heavy atom. The summed E-state index contributed by atoms with van der Waals surface area (Å²) in [6.07, 6.45) is 2.75. The van der Waals surface area contributed by atoms with Crippen molar-refractivity contribution in [3.05, 3.63) is 34.9 Å². The third kappa shape index (κ3) is 3.05. The first-order valence-electron chi connectivity index (χ1n) is 7.92. The van der Waals surface area contributed by atoms with Gasteiger partial charge in [0.1, 0.15) is 0 Å². The Morgan fingerprint density at radius 1 is 1.15 bits per heavy atom. The molecule has 2 saturated heterocycles. The number of fused-ring (bicyclic) bond motifs is 1. The van der Waals surface area contributed by atoms with Gasteiger partial charge in [-0.25, -0.2) is 0 Å². The largest absolute Gasteiger partial charge is 0.323 e. The van der Waals surface area contributed by atoms with Crippen LogP contribution in [0.5, 0.6) is 0 Å². The molecule has 3 rings (SSSR count). The molecule has 1 aromatic rings. The molecule has 20 heavy (non-hydrogen) atoms. The molecule has 0 radical (unpaired) electrons. The molecule has 0 bridgehead atoms. The van der Waals surface area contributed by atoms with Crippen LogP contribution in [0, 0.1) is 13.8 Å². The number of benzene rings is 1. The summed E-state index contributed by atoms with van der Waals surface area (Å²) in [5, 5.41) is 0. The fraction of sp³-hybridized carbons (Fsp3) is 0.647. The summed E-state index contributed by atoms with van der Waals surface area (Å²) in [6, 6.07) is 7.62. The monoisotopic (exact) mass is 273 g/mol. The summed E-state index contributed by atoms with van der Waals surface area (Å²) in [6.45, 7) is 10.2. The summed E-state index contributed by atoms with van der Waals surface area (Å²) < 4.78 is 0. The fourth-order valence-electron chi connectivity index (χ4n) is 3.83. The van der Waals surface area contributed by atoms with Crippen LogP contribution in [0.25, 0.3) is 0 Å². The lowest BCUT2D eigenvalue weighted by Gasteiger charge is -2.38. The second-order valence-electron chi connectivity index (χ2n) is 6.62. The van der Waals surface area contributed by atoms with E-state index in [4.69, 9.17) is 5.73 Å². The van der Waals surface area contributed by atoms with Crippen LogP contribution in [0.3, 0.4) is 0 Å². The quantitative estimate of drug-likeness (QED) is 0.915. The van der Waals surface area contributed by atoms with Crippen molar-refractivity contribution in [2.45, 2.75) is 38.8 Å². The smallest absolute Gasteiger partial charge is 0.0424 e. The predicted octanol–water partition coefficient (Wildman–Crippen LogP) is 2.08. The highest BCUT2D eigenvalue weighted by atomic mass is 15.3. The van der Waals surface area contributed by atoms with Crippen molar-refractivity contribution in [2.75, 3.05) is 32.7 Å². The first-order chi connectivity index (χ1) is 9.61. The molecule has 0 aliphatic carbocycles. The van der Waals surface area contributed by atoms with Crippen LogP contribution in [0.1, 0.15) is 35.6 Å². The third-order valence-electron chi connectivity index (χ3n) is 4.80. The summed E-state index contributed by atoms with van der Waals surface area (Å²) in [5.74, 6) is 0. The molecule has 2 unspecified atom stereocenters. The van der Waals surface area contributed by atoms with E-state index in [-0.39, 0.29) is 6.04 Å².